The lowest BCUT2D eigenvalue weighted by atomic mass is 9.99. The largest absolute Gasteiger partial charge is 0.393 e. The fourth-order valence-corrected chi connectivity index (χ4v) is 1.65. The molecule has 2 nitrogen and oxygen atoms in total. The van der Waals surface area contributed by atoms with Crippen LogP contribution in [0, 0.1) is 0 Å². The molecule has 0 aliphatic carbocycles. The van der Waals surface area contributed by atoms with E-state index in [4.69, 9.17) is 0 Å². The Hall–Kier alpha value is -0.150. The summed E-state index contributed by atoms with van der Waals surface area (Å²) in [6, 6.07) is 0. The predicted octanol–water partition coefficient (Wildman–Crippen LogP) is 1.54. The van der Waals surface area contributed by atoms with Gasteiger partial charge in [0.05, 0.1) is 6.10 Å². The van der Waals surface area contributed by atoms with E-state index in [9.17, 15) is 9.50 Å². The normalized spacial score (nSPS) is 33.8. The lowest BCUT2D eigenvalue weighted by molar-refractivity contribution is -0.0623. The van der Waals surface area contributed by atoms with Gasteiger partial charge in [-0.15, -0.1) is 0 Å². The van der Waals surface area contributed by atoms with Crippen LogP contribution in [0.15, 0.2) is 0 Å². The van der Waals surface area contributed by atoms with Gasteiger partial charge in [-0.1, -0.05) is 0 Å². The van der Waals surface area contributed by atoms with E-state index >= 15 is 0 Å². The van der Waals surface area contributed by atoms with E-state index in [2.05, 4.69) is 0 Å². The van der Waals surface area contributed by atoms with E-state index in [0.717, 1.165) is 0 Å². The van der Waals surface area contributed by atoms with E-state index in [0.29, 0.717) is 13.0 Å². The molecule has 72 valence electrons. The maximum atomic E-state index is 13.4. The van der Waals surface area contributed by atoms with Crippen LogP contribution in [0.2, 0.25) is 0 Å². The summed E-state index contributed by atoms with van der Waals surface area (Å²) in [5.41, 5.74) is -0.125. The number of likely N-dealkylation sites (tertiary alicyclic amines) is 1. The van der Waals surface area contributed by atoms with E-state index in [-0.39, 0.29) is 12.0 Å². The molecule has 0 aromatic heterocycles. The van der Waals surface area contributed by atoms with Crippen LogP contribution in [0.5, 0.6) is 0 Å². The van der Waals surface area contributed by atoms with Crippen LogP contribution in [-0.4, -0.2) is 34.5 Å². The van der Waals surface area contributed by atoms with Crippen molar-refractivity contribution in [3.8, 4) is 0 Å². The molecule has 0 spiro atoms. The van der Waals surface area contributed by atoms with Crippen LogP contribution in [0.4, 0.5) is 4.39 Å². The first kappa shape index (κ1) is 9.93. The van der Waals surface area contributed by atoms with Crippen LogP contribution >= 0.6 is 0 Å². The van der Waals surface area contributed by atoms with E-state index in [1.54, 1.807) is 4.90 Å². The van der Waals surface area contributed by atoms with Gasteiger partial charge in [0, 0.05) is 18.5 Å². The number of nitrogens with zero attached hydrogens (tertiary/aromatic N) is 1. The van der Waals surface area contributed by atoms with E-state index in [1.165, 1.54) is 0 Å². The molecule has 1 saturated heterocycles. The van der Waals surface area contributed by atoms with Crippen LogP contribution in [0.1, 0.15) is 33.6 Å². The fraction of sp³-hybridized carbons (Fsp3) is 1.00. The standard InChI is InChI=1S/C9H18FNO/c1-9(2,3)11-5-4-7(12)6-8(11)10/h7-8,12H,4-6H2,1-3H3. The maximum absolute atomic E-state index is 13.4. The Morgan fingerprint density at radius 2 is 2.00 bits per heavy atom. The molecule has 1 rings (SSSR count). The van der Waals surface area contributed by atoms with Gasteiger partial charge in [0.1, 0.15) is 0 Å². The van der Waals surface area contributed by atoms with Gasteiger partial charge in [-0.05, 0) is 27.2 Å². The Morgan fingerprint density at radius 1 is 1.42 bits per heavy atom. The molecule has 2 atom stereocenters. The summed E-state index contributed by atoms with van der Waals surface area (Å²) in [7, 11) is 0. The summed E-state index contributed by atoms with van der Waals surface area (Å²) >= 11 is 0. The molecule has 1 aliphatic rings. The quantitative estimate of drug-likeness (QED) is 0.564. The van der Waals surface area contributed by atoms with Crippen molar-refractivity contribution in [3.63, 3.8) is 0 Å². The highest BCUT2D eigenvalue weighted by molar-refractivity contribution is 4.84. The number of piperidine rings is 1. The van der Waals surface area contributed by atoms with E-state index in [1.807, 2.05) is 20.8 Å². The van der Waals surface area contributed by atoms with Crippen molar-refractivity contribution < 1.29 is 9.50 Å². The number of aliphatic hydroxyl groups is 1. The lowest BCUT2D eigenvalue weighted by Crippen LogP contribution is -2.51. The van der Waals surface area contributed by atoms with Gasteiger partial charge < -0.3 is 5.11 Å². The first-order chi connectivity index (χ1) is 5.41. The van der Waals surface area contributed by atoms with Gasteiger partial charge in [0.15, 0.2) is 6.30 Å². The van der Waals surface area contributed by atoms with Gasteiger partial charge in [-0.3, -0.25) is 4.90 Å². The third kappa shape index (κ3) is 2.17. The topological polar surface area (TPSA) is 23.5 Å². The molecule has 0 radical (unpaired) electrons. The second kappa shape index (κ2) is 3.30. The Kier molecular flexibility index (Phi) is 2.74. The van der Waals surface area contributed by atoms with Crippen molar-refractivity contribution >= 4 is 0 Å². The molecule has 0 bridgehead atoms. The van der Waals surface area contributed by atoms with Crippen molar-refractivity contribution in [2.24, 2.45) is 0 Å². The molecule has 1 aliphatic heterocycles. The molecule has 1 heterocycles. The summed E-state index contributed by atoms with van der Waals surface area (Å²) in [6.45, 7) is 6.65. The molecule has 0 amide bonds. The zero-order valence-corrected chi connectivity index (χ0v) is 8.05. The number of hydrogen-bond acceptors (Lipinski definition) is 2. The third-order valence-electron chi connectivity index (χ3n) is 2.37. The highest BCUT2D eigenvalue weighted by atomic mass is 19.1. The minimum Gasteiger partial charge on any atom is -0.393 e. The highest BCUT2D eigenvalue weighted by Crippen LogP contribution is 2.26. The second-order valence-corrected chi connectivity index (χ2v) is 4.48. The molecular formula is C9H18FNO. The molecule has 0 saturated carbocycles. The molecular weight excluding hydrogens is 157 g/mol. The lowest BCUT2D eigenvalue weighted by Gasteiger charge is -2.42. The van der Waals surface area contributed by atoms with Gasteiger partial charge in [-0.25, -0.2) is 4.39 Å². The molecule has 1 N–H and O–H groups in total. The average Bonchev–Trinajstić information content (AvgIpc) is 1.83. The Morgan fingerprint density at radius 3 is 2.42 bits per heavy atom. The Balaban J connectivity index is 2.57. The zero-order valence-electron chi connectivity index (χ0n) is 8.05. The van der Waals surface area contributed by atoms with Crippen molar-refractivity contribution in [3.05, 3.63) is 0 Å². The first-order valence-electron chi connectivity index (χ1n) is 4.50. The van der Waals surface area contributed by atoms with Crippen LogP contribution < -0.4 is 0 Å². The van der Waals surface area contributed by atoms with Gasteiger partial charge >= 0.3 is 0 Å². The summed E-state index contributed by atoms with van der Waals surface area (Å²) in [4.78, 5) is 1.81. The number of hydrogen-bond donors (Lipinski definition) is 1. The number of rotatable bonds is 0. The average molecular weight is 175 g/mol. The first-order valence-corrected chi connectivity index (χ1v) is 4.50. The van der Waals surface area contributed by atoms with Crippen molar-refractivity contribution in [2.45, 2.75) is 51.6 Å². The minimum atomic E-state index is -0.978. The summed E-state index contributed by atoms with van der Waals surface area (Å²) in [5, 5.41) is 9.20. The van der Waals surface area contributed by atoms with Gasteiger partial charge in [0.2, 0.25) is 0 Å². The van der Waals surface area contributed by atoms with Crippen molar-refractivity contribution in [1.29, 1.82) is 0 Å². The van der Waals surface area contributed by atoms with E-state index < -0.39 is 12.4 Å². The predicted molar refractivity (Wildman–Crippen MR) is 46.6 cm³/mol. The molecule has 12 heavy (non-hydrogen) atoms. The SMILES string of the molecule is CC(C)(C)N1CCC(O)CC1F. The zero-order chi connectivity index (χ0) is 9.35. The number of halogens is 1. The second-order valence-electron chi connectivity index (χ2n) is 4.48. The van der Waals surface area contributed by atoms with Gasteiger partial charge in [-0.2, -0.15) is 0 Å². The minimum absolute atomic E-state index is 0.125. The Labute approximate surface area is 73.4 Å². The number of alkyl halides is 1. The summed E-state index contributed by atoms with van der Waals surface area (Å²) in [6.07, 6.45) is -0.470. The fourth-order valence-electron chi connectivity index (χ4n) is 1.65. The highest BCUT2D eigenvalue weighted by Gasteiger charge is 2.33. The summed E-state index contributed by atoms with van der Waals surface area (Å²) in [5.74, 6) is 0. The smallest absolute Gasteiger partial charge is 0.156 e. The molecule has 2 unspecified atom stereocenters. The van der Waals surface area contributed by atoms with Crippen molar-refractivity contribution in [2.75, 3.05) is 6.54 Å². The van der Waals surface area contributed by atoms with Crippen LogP contribution in [-0.2, 0) is 0 Å². The Bertz CT molecular complexity index is 155. The molecule has 3 heteroatoms. The molecule has 0 aromatic carbocycles. The van der Waals surface area contributed by atoms with Crippen LogP contribution in [0.3, 0.4) is 0 Å². The van der Waals surface area contributed by atoms with Crippen LogP contribution in [0.25, 0.3) is 0 Å². The number of aliphatic hydroxyl groups excluding tert-OH is 1. The molecule has 1 fully saturated rings. The summed E-state index contributed by atoms with van der Waals surface area (Å²) < 4.78 is 13.4. The third-order valence-corrected chi connectivity index (χ3v) is 2.37. The molecule has 0 aromatic rings. The maximum Gasteiger partial charge on any atom is 0.156 e. The monoisotopic (exact) mass is 175 g/mol. The van der Waals surface area contributed by atoms with Gasteiger partial charge in [0.25, 0.3) is 0 Å². The van der Waals surface area contributed by atoms with Crippen molar-refractivity contribution in [1.82, 2.24) is 4.90 Å².